The molecule has 0 unspecified atom stereocenters. The summed E-state index contributed by atoms with van der Waals surface area (Å²) in [5.41, 5.74) is -1.000. The van der Waals surface area contributed by atoms with Gasteiger partial charge < -0.3 is 9.88 Å². The lowest BCUT2D eigenvalue weighted by Crippen LogP contribution is -2.21. The lowest BCUT2D eigenvalue weighted by atomic mass is 10.2. The van der Waals surface area contributed by atoms with Gasteiger partial charge in [0, 0.05) is 29.3 Å². The fourth-order valence-electron chi connectivity index (χ4n) is 3.36. The predicted octanol–water partition coefficient (Wildman–Crippen LogP) is 5.04. The van der Waals surface area contributed by atoms with Crippen molar-refractivity contribution >= 4 is 22.5 Å². The van der Waals surface area contributed by atoms with Crippen LogP contribution < -0.4 is 5.32 Å². The predicted molar refractivity (Wildman–Crippen MR) is 107 cm³/mol. The first-order valence-electron chi connectivity index (χ1n) is 9.47. The van der Waals surface area contributed by atoms with Gasteiger partial charge in [-0.1, -0.05) is 12.1 Å². The van der Waals surface area contributed by atoms with Gasteiger partial charge in [0.05, 0.1) is 5.69 Å². The number of hydrogen-bond donors (Lipinski definition) is 1. The van der Waals surface area contributed by atoms with Crippen LogP contribution in [-0.4, -0.2) is 25.5 Å². The second-order valence-electron chi connectivity index (χ2n) is 6.91. The lowest BCUT2D eigenvalue weighted by molar-refractivity contribution is -0.143. The quantitative estimate of drug-likeness (QED) is 0.450. The summed E-state index contributed by atoms with van der Waals surface area (Å²) in [4.78, 5) is 12.6. The van der Waals surface area contributed by atoms with E-state index >= 15 is 0 Å². The van der Waals surface area contributed by atoms with Crippen LogP contribution in [0.1, 0.15) is 29.5 Å². The van der Waals surface area contributed by atoms with Gasteiger partial charge in [-0.25, -0.2) is 9.07 Å². The number of halogens is 4. The van der Waals surface area contributed by atoms with Crippen LogP contribution in [0.5, 0.6) is 0 Å². The van der Waals surface area contributed by atoms with Gasteiger partial charge in [0.2, 0.25) is 0 Å². The van der Waals surface area contributed by atoms with Gasteiger partial charge in [0.1, 0.15) is 5.82 Å². The number of nitrogens with one attached hydrogen (secondary N) is 1. The molecule has 160 valence electrons. The van der Waals surface area contributed by atoms with Crippen molar-refractivity contribution < 1.29 is 22.4 Å². The van der Waals surface area contributed by atoms with Gasteiger partial charge in [-0.05, 0) is 55.0 Å². The van der Waals surface area contributed by atoms with E-state index < -0.39 is 29.3 Å². The van der Waals surface area contributed by atoms with E-state index in [1.807, 2.05) is 12.3 Å². The van der Waals surface area contributed by atoms with Gasteiger partial charge in [-0.3, -0.25) is 4.79 Å². The van der Waals surface area contributed by atoms with Crippen LogP contribution in [0.2, 0.25) is 0 Å². The maximum atomic E-state index is 13.7. The van der Waals surface area contributed by atoms with Crippen LogP contribution >= 0.6 is 0 Å². The Morgan fingerprint density at radius 3 is 2.52 bits per heavy atom. The van der Waals surface area contributed by atoms with Crippen LogP contribution in [-0.2, 0) is 12.7 Å². The number of hydrogen-bond acceptors (Lipinski definition) is 3. The third-order valence-corrected chi connectivity index (χ3v) is 4.72. The zero-order valence-corrected chi connectivity index (χ0v) is 16.3. The number of nitrogens with zero attached hydrogens (tertiary/aromatic N) is 4. The minimum absolute atomic E-state index is 0.0704. The molecule has 0 aliphatic heterocycles. The van der Waals surface area contributed by atoms with Gasteiger partial charge in [-0.2, -0.15) is 13.2 Å². The molecule has 0 fully saturated rings. The maximum Gasteiger partial charge on any atom is 0.435 e. The summed E-state index contributed by atoms with van der Waals surface area (Å²) in [6.07, 6.45) is -2.05. The highest BCUT2D eigenvalue weighted by atomic mass is 19.4. The van der Waals surface area contributed by atoms with Crippen LogP contribution in [0, 0.1) is 5.82 Å². The topological polar surface area (TPSA) is 64.7 Å². The minimum atomic E-state index is -4.91. The minimum Gasteiger partial charge on any atom is -0.347 e. The van der Waals surface area contributed by atoms with E-state index in [-0.39, 0.29) is 5.69 Å². The van der Waals surface area contributed by atoms with Gasteiger partial charge in [-0.15, -0.1) is 5.10 Å². The Labute approximate surface area is 174 Å². The molecule has 0 bridgehead atoms. The Morgan fingerprint density at radius 2 is 1.84 bits per heavy atom. The van der Waals surface area contributed by atoms with Crippen molar-refractivity contribution in [3.8, 4) is 5.69 Å². The molecule has 0 aliphatic carbocycles. The third-order valence-electron chi connectivity index (χ3n) is 4.72. The molecule has 4 rings (SSSR count). The maximum absolute atomic E-state index is 13.7. The van der Waals surface area contributed by atoms with Crippen LogP contribution in [0.4, 0.5) is 23.2 Å². The van der Waals surface area contributed by atoms with E-state index in [1.165, 1.54) is 0 Å². The van der Waals surface area contributed by atoms with Crippen molar-refractivity contribution in [3.05, 3.63) is 71.9 Å². The highest BCUT2D eigenvalue weighted by Gasteiger charge is 2.42. The van der Waals surface area contributed by atoms with Gasteiger partial charge in [0.25, 0.3) is 5.91 Å². The first-order valence-corrected chi connectivity index (χ1v) is 9.47. The molecule has 1 amide bonds. The van der Waals surface area contributed by atoms with Crippen molar-refractivity contribution in [2.24, 2.45) is 0 Å². The number of aromatic nitrogens is 4. The van der Waals surface area contributed by atoms with E-state index in [0.717, 1.165) is 48.1 Å². The highest BCUT2D eigenvalue weighted by molar-refractivity contribution is 6.04. The lowest BCUT2D eigenvalue weighted by Gasteiger charge is -2.11. The Balaban J connectivity index is 1.67. The molecular formula is C21H17F4N5O. The average molecular weight is 431 g/mol. The number of aryl methyl sites for hydroxylation is 1. The van der Waals surface area contributed by atoms with E-state index in [1.54, 1.807) is 18.2 Å². The summed E-state index contributed by atoms with van der Waals surface area (Å²) in [5, 5.41) is 10.2. The summed E-state index contributed by atoms with van der Waals surface area (Å²) < 4.78 is 56.9. The largest absolute Gasteiger partial charge is 0.435 e. The molecule has 0 radical (unpaired) electrons. The molecule has 31 heavy (non-hydrogen) atoms. The summed E-state index contributed by atoms with van der Waals surface area (Å²) in [6.45, 7) is 2.88. The molecular weight excluding hydrogens is 414 g/mol. The van der Waals surface area contributed by atoms with Crippen LogP contribution in [0.15, 0.2) is 54.7 Å². The third kappa shape index (κ3) is 4.00. The zero-order chi connectivity index (χ0) is 22.2. The summed E-state index contributed by atoms with van der Waals surface area (Å²) in [6, 6.07) is 11.2. The molecule has 6 nitrogen and oxygen atoms in total. The molecule has 0 saturated heterocycles. The molecule has 2 heterocycles. The number of benzene rings is 2. The summed E-state index contributed by atoms with van der Waals surface area (Å²) in [7, 11) is 0. The monoisotopic (exact) mass is 431 g/mol. The number of carbonyl (C=O) groups is 1. The molecule has 4 aromatic rings. The number of anilines is 1. The van der Waals surface area contributed by atoms with Crippen LogP contribution in [0.25, 0.3) is 16.6 Å². The SMILES string of the molecule is CCCn1ccc2cc(NC(=O)c3nnn(-c4ccc(F)cc4)c3C(F)(F)F)ccc21. The Hall–Kier alpha value is -3.69. The number of alkyl halides is 3. The number of rotatable bonds is 5. The molecule has 0 aliphatic rings. The Morgan fingerprint density at radius 1 is 1.10 bits per heavy atom. The summed E-state index contributed by atoms with van der Waals surface area (Å²) >= 11 is 0. The second kappa shape index (κ2) is 7.86. The fourth-order valence-corrected chi connectivity index (χ4v) is 3.36. The van der Waals surface area contributed by atoms with Crippen molar-refractivity contribution in [2.45, 2.75) is 26.1 Å². The van der Waals surface area contributed by atoms with E-state index in [2.05, 4.69) is 27.1 Å². The van der Waals surface area contributed by atoms with E-state index in [9.17, 15) is 22.4 Å². The molecule has 2 aromatic carbocycles. The highest BCUT2D eigenvalue weighted by Crippen LogP contribution is 2.33. The normalized spacial score (nSPS) is 11.8. The number of fused-ring (bicyclic) bond motifs is 1. The first-order chi connectivity index (χ1) is 14.8. The zero-order valence-electron chi connectivity index (χ0n) is 16.3. The molecule has 10 heteroatoms. The molecule has 0 spiro atoms. The standard InChI is InChI=1S/C21H17F4N5O/c1-2-10-29-11-9-13-12-15(5-8-17(13)29)26-20(31)18-19(21(23,24)25)30(28-27-18)16-6-3-14(22)4-7-16/h3-9,11-12H,2,10H2,1H3,(H,26,31). The van der Waals surface area contributed by atoms with Crippen molar-refractivity contribution in [2.75, 3.05) is 5.32 Å². The molecule has 0 atom stereocenters. The second-order valence-corrected chi connectivity index (χ2v) is 6.91. The van der Waals surface area contributed by atoms with E-state index in [0.29, 0.717) is 10.4 Å². The van der Waals surface area contributed by atoms with Crippen molar-refractivity contribution in [1.29, 1.82) is 0 Å². The average Bonchev–Trinajstić information content (AvgIpc) is 3.33. The van der Waals surface area contributed by atoms with E-state index in [4.69, 9.17) is 0 Å². The first kappa shape index (κ1) is 20.6. The fraction of sp³-hybridized carbons (Fsp3) is 0.190. The molecule has 2 aromatic heterocycles. The molecule has 0 saturated carbocycles. The summed E-state index contributed by atoms with van der Waals surface area (Å²) in [5.74, 6) is -1.66. The van der Waals surface area contributed by atoms with Crippen molar-refractivity contribution in [3.63, 3.8) is 0 Å². The van der Waals surface area contributed by atoms with Crippen LogP contribution in [0.3, 0.4) is 0 Å². The van der Waals surface area contributed by atoms with Gasteiger partial charge in [0.15, 0.2) is 11.4 Å². The smallest absolute Gasteiger partial charge is 0.347 e. The number of amides is 1. The Kier molecular flexibility index (Phi) is 5.22. The Bertz CT molecular complexity index is 1240. The van der Waals surface area contributed by atoms with Crippen molar-refractivity contribution in [1.82, 2.24) is 19.6 Å². The number of carbonyl (C=O) groups excluding carboxylic acids is 1. The van der Waals surface area contributed by atoms with Gasteiger partial charge >= 0.3 is 6.18 Å². The molecule has 1 N–H and O–H groups in total.